The highest BCUT2D eigenvalue weighted by atomic mass is 15.1. The third kappa shape index (κ3) is 4.35. The lowest BCUT2D eigenvalue weighted by Gasteiger charge is -2.12. The molecule has 0 saturated heterocycles. The first-order valence-corrected chi connectivity index (χ1v) is 6.51. The van der Waals surface area contributed by atoms with Crippen LogP contribution >= 0.6 is 0 Å². The van der Waals surface area contributed by atoms with Crippen molar-refractivity contribution < 1.29 is 0 Å². The fraction of sp³-hybridized carbons (Fsp3) is 0.769. The van der Waals surface area contributed by atoms with Crippen LogP contribution in [-0.2, 0) is 13.0 Å². The van der Waals surface area contributed by atoms with E-state index in [1.807, 2.05) is 6.20 Å². The maximum Gasteiger partial charge on any atom is 0.108 e. The van der Waals surface area contributed by atoms with Gasteiger partial charge in [0.1, 0.15) is 5.82 Å². The molecule has 1 N–H and O–H groups in total. The topological polar surface area (TPSA) is 29.9 Å². The highest BCUT2D eigenvalue weighted by Gasteiger charge is 2.04. The number of aryl methyl sites for hydroxylation is 2. The number of hydrogen-bond acceptors (Lipinski definition) is 2. The van der Waals surface area contributed by atoms with Gasteiger partial charge in [0.2, 0.25) is 0 Å². The van der Waals surface area contributed by atoms with Gasteiger partial charge in [0.25, 0.3) is 0 Å². The molecule has 0 aromatic carbocycles. The number of nitrogens with zero attached hydrogens (tertiary/aromatic N) is 2. The summed E-state index contributed by atoms with van der Waals surface area (Å²) in [7, 11) is 0. The lowest BCUT2D eigenvalue weighted by Crippen LogP contribution is -2.25. The number of nitrogens with one attached hydrogen (secondary N) is 1. The molecule has 0 radical (unpaired) electrons. The van der Waals surface area contributed by atoms with Gasteiger partial charge in [0.15, 0.2) is 0 Å². The van der Waals surface area contributed by atoms with Gasteiger partial charge in [0.05, 0.1) is 0 Å². The Hall–Kier alpha value is -0.830. The first-order chi connectivity index (χ1) is 7.77. The summed E-state index contributed by atoms with van der Waals surface area (Å²) in [6, 6.07) is 0.625. The second-order valence-corrected chi connectivity index (χ2v) is 4.39. The summed E-state index contributed by atoms with van der Waals surface area (Å²) in [4.78, 5) is 4.42. The van der Waals surface area contributed by atoms with Gasteiger partial charge < -0.3 is 9.88 Å². The van der Waals surface area contributed by atoms with Crippen LogP contribution in [0.5, 0.6) is 0 Å². The lowest BCUT2D eigenvalue weighted by molar-refractivity contribution is 0.503. The standard InChI is InChI=1S/C13H25N3/c1-4-10-16-11-9-15-13(16)8-6-7-12(3)14-5-2/h9,11-12,14H,4-8,10H2,1-3H3. The Labute approximate surface area is 99.3 Å². The van der Waals surface area contributed by atoms with E-state index in [0.29, 0.717) is 6.04 Å². The molecule has 0 amide bonds. The molecule has 1 unspecified atom stereocenters. The summed E-state index contributed by atoms with van der Waals surface area (Å²) in [6.07, 6.45) is 8.73. The molecule has 1 aromatic rings. The minimum atomic E-state index is 0.625. The van der Waals surface area contributed by atoms with Gasteiger partial charge in [-0.1, -0.05) is 13.8 Å². The fourth-order valence-corrected chi connectivity index (χ4v) is 2.03. The largest absolute Gasteiger partial charge is 0.335 e. The molecule has 16 heavy (non-hydrogen) atoms. The Balaban J connectivity index is 2.28. The van der Waals surface area contributed by atoms with Crippen molar-refractivity contribution in [2.75, 3.05) is 6.54 Å². The Morgan fingerprint density at radius 2 is 2.25 bits per heavy atom. The predicted octanol–water partition coefficient (Wildman–Crippen LogP) is 2.61. The van der Waals surface area contributed by atoms with Crippen LogP contribution in [0.4, 0.5) is 0 Å². The first-order valence-electron chi connectivity index (χ1n) is 6.51. The smallest absolute Gasteiger partial charge is 0.108 e. The first kappa shape index (κ1) is 13.2. The average molecular weight is 223 g/mol. The van der Waals surface area contributed by atoms with Gasteiger partial charge in [-0.15, -0.1) is 0 Å². The summed E-state index contributed by atoms with van der Waals surface area (Å²) in [6.45, 7) is 8.77. The van der Waals surface area contributed by atoms with E-state index in [4.69, 9.17) is 0 Å². The van der Waals surface area contributed by atoms with Gasteiger partial charge in [-0.25, -0.2) is 4.98 Å². The molecule has 92 valence electrons. The van der Waals surface area contributed by atoms with E-state index in [-0.39, 0.29) is 0 Å². The molecule has 0 aliphatic carbocycles. The van der Waals surface area contributed by atoms with Gasteiger partial charge in [-0.3, -0.25) is 0 Å². The molecule has 3 heteroatoms. The van der Waals surface area contributed by atoms with Crippen LogP contribution in [0.1, 0.15) is 45.9 Å². The van der Waals surface area contributed by atoms with Crippen molar-refractivity contribution in [1.29, 1.82) is 0 Å². The van der Waals surface area contributed by atoms with Crippen molar-refractivity contribution >= 4 is 0 Å². The van der Waals surface area contributed by atoms with Crippen LogP contribution in [-0.4, -0.2) is 22.1 Å². The zero-order chi connectivity index (χ0) is 11.8. The van der Waals surface area contributed by atoms with E-state index < -0.39 is 0 Å². The molecule has 0 aliphatic rings. The minimum Gasteiger partial charge on any atom is -0.335 e. The van der Waals surface area contributed by atoms with E-state index in [1.54, 1.807) is 0 Å². The van der Waals surface area contributed by atoms with E-state index in [2.05, 4.69) is 41.8 Å². The zero-order valence-corrected chi connectivity index (χ0v) is 10.9. The maximum atomic E-state index is 4.42. The van der Waals surface area contributed by atoms with Crippen molar-refractivity contribution in [1.82, 2.24) is 14.9 Å². The molecule has 0 aliphatic heterocycles. The third-order valence-electron chi connectivity index (χ3n) is 2.86. The van der Waals surface area contributed by atoms with Gasteiger partial charge in [-0.05, 0) is 32.7 Å². The molecular formula is C13H25N3. The van der Waals surface area contributed by atoms with E-state index in [0.717, 1.165) is 19.5 Å². The van der Waals surface area contributed by atoms with Gasteiger partial charge in [0, 0.05) is 31.4 Å². The van der Waals surface area contributed by atoms with Crippen LogP contribution in [0.3, 0.4) is 0 Å². The number of aromatic nitrogens is 2. The van der Waals surface area contributed by atoms with Crippen molar-refractivity contribution in [3.8, 4) is 0 Å². The van der Waals surface area contributed by atoms with Crippen LogP contribution < -0.4 is 5.32 Å². The Morgan fingerprint density at radius 3 is 2.94 bits per heavy atom. The predicted molar refractivity (Wildman–Crippen MR) is 68.6 cm³/mol. The molecule has 3 nitrogen and oxygen atoms in total. The molecule has 0 fully saturated rings. The Morgan fingerprint density at radius 1 is 1.44 bits per heavy atom. The van der Waals surface area contributed by atoms with E-state index in [9.17, 15) is 0 Å². The van der Waals surface area contributed by atoms with E-state index >= 15 is 0 Å². The third-order valence-corrected chi connectivity index (χ3v) is 2.86. The molecule has 1 aromatic heterocycles. The Kier molecular flexibility index (Phi) is 6.16. The van der Waals surface area contributed by atoms with Crippen LogP contribution in [0.15, 0.2) is 12.4 Å². The quantitative estimate of drug-likeness (QED) is 0.734. The van der Waals surface area contributed by atoms with E-state index in [1.165, 1.54) is 25.1 Å². The summed E-state index contributed by atoms with van der Waals surface area (Å²) in [5, 5.41) is 3.44. The monoisotopic (exact) mass is 223 g/mol. The SMILES string of the molecule is CCCn1ccnc1CCCC(C)NCC. The highest BCUT2D eigenvalue weighted by Crippen LogP contribution is 2.06. The normalized spacial score (nSPS) is 12.9. The van der Waals surface area contributed by atoms with Gasteiger partial charge >= 0.3 is 0 Å². The van der Waals surface area contributed by atoms with Crippen molar-refractivity contribution in [3.63, 3.8) is 0 Å². The molecule has 1 atom stereocenters. The molecular weight excluding hydrogens is 198 g/mol. The number of rotatable bonds is 8. The lowest BCUT2D eigenvalue weighted by atomic mass is 10.1. The molecule has 1 heterocycles. The average Bonchev–Trinajstić information content (AvgIpc) is 2.67. The Bertz CT molecular complexity index is 280. The van der Waals surface area contributed by atoms with Crippen molar-refractivity contribution in [2.45, 2.75) is 59.0 Å². The zero-order valence-electron chi connectivity index (χ0n) is 10.9. The second-order valence-electron chi connectivity index (χ2n) is 4.39. The molecule has 0 bridgehead atoms. The van der Waals surface area contributed by atoms with Crippen LogP contribution in [0.25, 0.3) is 0 Å². The minimum absolute atomic E-state index is 0.625. The summed E-state index contributed by atoms with van der Waals surface area (Å²) in [5.74, 6) is 1.24. The van der Waals surface area contributed by atoms with Crippen molar-refractivity contribution in [3.05, 3.63) is 18.2 Å². The maximum absolute atomic E-state index is 4.42. The molecule has 0 spiro atoms. The molecule has 0 saturated carbocycles. The molecule has 1 rings (SSSR count). The number of imidazole rings is 1. The van der Waals surface area contributed by atoms with Crippen LogP contribution in [0.2, 0.25) is 0 Å². The highest BCUT2D eigenvalue weighted by molar-refractivity contribution is 4.92. The summed E-state index contributed by atoms with van der Waals surface area (Å²) >= 11 is 0. The fourth-order valence-electron chi connectivity index (χ4n) is 2.03. The number of hydrogen-bond donors (Lipinski definition) is 1. The summed E-state index contributed by atoms with van der Waals surface area (Å²) < 4.78 is 2.28. The van der Waals surface area contributed by atoms with Gasteiger partial charge in [-0.2, -0.15) is 0 Å². The summed E-state index contributed by atoms with van der Waals surface area (Å²) in [5.41, 5.74) is 0. The van der Waals surface area contributed by atoms with Crippen LogP contribution in [0, 0.1) is 0 Å². The van der Waals surface area contributed by atoms with Crippen molar-refractivity contribution in [2.24, 2.45) is 0 Å². The second kappa shape index (κ2) is 7.44.